The highest BCUT2D eigenvalue weighted by molar-refractivity contribution is 7.99. The number of carbonyl (C=O) groups is 1. The summed E-state index contributed by atoms with van der Waals surface area (Å²) < 4.78 is 1.53. The minimum Gasteiger partial charge on any atom is -0.323 e. The molecule has 1 atom stereocenters. The fraction of sp³-hybridized carbons (Fsp3) is 0.250. The van der Waals surface area contributed by atoms with E-state index in [1.54, 1.807) is 18.2 Å². The van der Waals surface area contributed by atoms with Crippen molar-refractivity contribution in [2.45, 2.75) is 12.2 Å². The maximum absolute atomic E-state index is 12.0. The number of thioether (sulfide) groups is 1. The Balaban J connectivity index is 2.36. The van der Waals surface area contributed by atoms with Crippen LogP contribution in [0.1, 0.15) is 6.92 Å². The Kier molecular flexibility index (Phi) is 4.44. The van der Waals surface area contributed by atoms with Crippen LogP contribution in [0, 0.1) is 0 Å². The Bertz CT molecular complexity index is 573. The summed E-state index contributed by atoms with van der Waals surface area (Å²) in [6.07, 6.45) is 4.84. The van der Waals surface area contributed by atoms with E-state index in [0.717, 1.165) is 0 Å². The van der Waals surface area contributed by atoms with Gasteiger partial charge in [-0.1, -0.05) is 17.7 Å². The molecule has 5 nitrogen and oxygen atoms in total. The number of rotatable bonds is 4. The Hall–Kier alpha value is -1.53. The van der Waals surface area contributed by atoms with Gasteiger partial charge in [-0.2, -0.15) is 16.9 Å². The van der Waals surface area contributed by atoms with E-state index >= 15 is 0 Å². The molecule has 2 aromatic rings. The van der Waals surface area contributed by atoms with Gasteiger partial charge in [0.15, 0.2) is 0 Å². The molecule has 0 saturated heterocycles. The van der Waals surface area contributed by atoms with E-state index in [0.29, 0.717) is 16.4 Å². The second-order valence-electron chi connectivity index (χ2n) is 3.84. The van der Waals surface area contributed by atoms with E-state index in [1.807, 2.05) is 13.2 Å². The number of carbonyl (C=O) groups excluding carboxylic acids is 1. The molecule has 7 heteroatoms. The summed E-state index contributed by atoms with van der Waals surface area (Å²) in [5.74, 6) is -0.0730. The lowest BCUT2D eigenvalue weighted by Crippen LogP contribution is -2.23. The highest BCUT2D eigenvalue weighted by Gasteiger charge is 2.16. The van der Waals surface area contributed by atoms with Crippen molar-refractivity contribution in [2.75, 3.05) is 11.6 Å². The second-order valence-corrected chi connectivity index (χ2v) is 5.43. The van der Waals surface area contributed by atoms with Gasteiger partial charge in [-0.25, -0.2) is 9.67 Å². The zero-order chi connectivity index (χ0) is 13.8. The van der Waals surface area contributed by atoms with E-state index in [1.165, 1.54) is 29.1 Å². The summed E-state index contributed by atoms with van der Waals surface area (Å²) in [4.78, 5) is 15.8. The predicted molar refractivity (Wildman–Crippen MR) is 78.0 cm³/mol. The zero-order valence-electron chi connectivity index (χ0n) is 10.5. The van der Waals surface area contributed by atoms with Gasteiger partial charge >= 0.3 is 0 Å². The number of nitrogens with one attached hydrogen (secondary N) is 1. The van der Waals surface area contributed by atoms with E-state index < -0.39 is 0 Å². The smallest absolute Gasteiger partial charge is 0.237 e. The van der Waals surface area contributed by atoms with Crippen LogP contribution in [0.25, 0.3) is 5.69 Å². The molecular weight excluding hydrogens is 284 g/mol. The van der Waals surface area contributed by atoms with Gasteiger partial charge in [-0.3, -0.25) is 4.79 Å². The summed E-state index contributed by atoms with van der Waals surface area (Å²) in [7, 11) is 0. The molecule has 2 rings (SSSR count). The molecule has 1 heterocycles. The Morgan fingerprint density at radius 1 is 1.53 bits per heavy atom. The Morgan fingerprint density at radius 3 is 2.95 bits per heavy atom. The van der Waals surface area contributed by atoms with Crippen LogP contribution < -0.4 is 5.32 Å². The lowest BCUT2D eigenvalue weighted by molar-refractivity contribution is -0.115. The molecule has 0 spiro atoms. The summed E-state index contributed by atoms with van der Waals surface area (Å²) >= 11 is 7.65. The third-order valence-electron chi connectivity index (χ3n) is 2.62. The average Bonchev–Trinajstić information content (AvgIpc) is 2.91. The van der Waals surface area contributed by atoms with Gasteiger partial charge in [0.1, 0.15) is 18.3 Å². The van der Waals surface area contributed by atoms with Crippen LogP contribution in [0.4, 0.5) is 5.69 Å². The van der Waals surface area contributed by atoms with Gasteiger partial charge in [0, 0.05) is 0 Å². The summed E-state index contributed by atoms with van der Waals surface area (Å²) in [5.41, 5.74) is 1.23. The molecule has 1 N–H and O–H groups in total. The van der Waals surface area contributed by atoms with E-state index in [4.69, 9.17) is 11.6 Å². The first-order chi connectivity index (χ1) is 9.13. The van der Waals surface area contributed by atoms with Gasteiger partial charge in [-0.15, -0.1) is 0 Å². The molecule has 0 aliphatic rings. The second kappa shape index (κ2) is 6.08. The van der Waals surface area contributed by atoms with Gasteiger partial charge in [0.2, 0.25) is 5.91 Å². The lowest BCUT2D eigenvalue weighted by atomic mass is 10.2. The van der Waals surface area contributed by atoms with Crippen molar-refractivity contribution in [1.29, 1.82) is 0 Å². The van der Waals surface area contributed by atoms with Crippen LogP contribution in [-0.4, -0.2) is 32.2 Å². The maximum atomic E-state index is 12.0. The fourth-order valence-electron chi connectivity index (χ4n) is 1.51. The van der Waals surface area contributed by atoms with Crippen molar-refractivity contribution in [3.05, 3.63) is 35.9 Å². The van der Waals surface area contributed by atoms with Crippen molar-refractivity contribution in [2.24, 2.45) is 0 Å². The molecule has 0 saturated carbocycles. The third kappa shape index (κ3) is 3.08. The summed E-state index contributed by atoms with van der Waals surface area (Å²) in [5, 5.41) is 7.27. The molecule has 1 unspecified atom stereocenters. The first-order valence-electron chi connectivity index (χ1n) is 5.60. The monoisotopic (exact) mass is 296 g/mol. The van der Waals surface area contributed by atoms with Crippen molar-refractivity contribution in [3.8, 4) is 5.69 Å². The first-order valence-corrected chi connectivity index (χ1v) is 7.27. The minimum absolute atomic E-state index is 0.0730. The quantitative estimate of drug-likeness (QED) is 0.942. The number of anilines is 1. The molecule has 100 valence electrons. The van der Waals surface area contributed by atoms with Crippen molar-refractivity contribution in [3.63, 3.8) is 0 Å². The molecule has 0 aliphatic heterocycles. The number of aromatic nitrogens is 3. The van der Waals surface area contributed by atoms with Crippen LogP contribution in [0.2, 0.25) is 5.02 Å². The van der Waals surface area contributed by atoms with Gasteiger partial charge in [-0.05, 0) is 25.3 Å². The van der Waals surface area contributed by atoms with Crippen LogP contribution >= 0.6 is 23.4 Å². The molecule has 19 heavy (non-hydrogen) atoms. The van der Waals surface area contributed by atoms with Crippen LogP contribution in [0.3, 0.4) is 0 Å². The zero-order valence-corrected chi connectivity index (χ0v) is 12.1. The summed E-state index contributed by atoms with van der Waals surface area (Å²) in [6, 6.07) is 5.31. The maximum Gasteiger partial charge on any atom is 0.237 e. The van der Waals surface area contributed by atoms with Crippen LogP contribution in [-0.2, 0) is 4.79 Å². The number of amides is 1. The lowest BCUT2D eigenvalue weighted by Gasteiger charge is -2.14. The number of para-hydroxylation sites is 1. The molecule has 0 fully saturated rings. The number of halogens is 1. The predicted octanol–water partition coefficient (Wildman–Crippen LogP) is 2.61. The van der Waals surface area contributed by atoms with Gasteiger partial charge in [0.05, 0.1) is 16.0 Å². The molecule has 1 amide bonds. The number of benzene rings is 1. The van der Waals surface area contributed by atoms with Crippen molar-refractivity contribution in [1.82, 2.24) is 14.8 Å². The van der Waals surface area contributed by atoms with E-state index in [9.17, 15) is 4.79 Å². The highest BCUT2D eigenvalue weighted by Crippen LogP contribution is 2.28. The molecule has 1 aromatic heterocycles. The number of hydrogen-bond donors (Lipinski definition) is 1. The van der Waals surface area contributed by atoms with E-state index in [2.05, 4.69) is 15.4 Å². The molecule has 0 aliphatic carbocycles. The average molecular weight is 297 g/mol. The Labute approximate surface area is 120 Å². The molecule has 1 aromatic carbocycles. The number of hydrogen-bond acceptors (Lipinski definition) is 4. The van der Waals surface area contributed by atoms with Crippen LogP contribution in [0.5, 0.6) is 0 Å². The van der Waals surface area contributed by atoms with Gasteiger partial charge < -0.3 is 5.32 Å². The normalized spacial score (nSPS) is 12.2. The minimum atomic E-state index is -0.137. The van der Waals surface area contributed by atoms with Crippen molar-refractivity contribution < 1.29 is 4.79 Å². The SMILES string of the molecule is CSC(C)C(=O)Nc1cccc(Cl)c1-n1cncn1. The van der Waals surface area contributed by atoms with Crippen LogP contribution in [0.15, 0.2) is 30.9 Å². The molecule has 0 radical (unpaired) electrons. The highest BCUT2D eigenvalue weighted by atomic mass is 35.5. The fourth-order valence-corrected chi connectivity index (χ4v) is 2.05. The topological polar surface area (TPSA) is 59.8 Å². The third-order valence-corrected chi connectivity index (χ3v) is 3.84. The van der Waals surface area contributed by atoms with Crippen molar-refractivity contribution >= 4 is 35.0 Å². The van der Waals surface area contributed by atoms with E-state index in [-0.39, 0.29) is 11.2 Å². The van der Waals surface area contributed by atoms with Gasteiger partial charge in [0.25, 0.3) is 0 Å². The Morgan fingerprint density at radius 2 is 2.32 bits per heavy atom. The number of nitrogens with zero attached hydrogens (tertiary/aromatic N) is 3. The largest absolute Gasteiger partial charge is 0.323 e. The molecular formula is C12H13ClN4OS. The standard InChI is InChI=1S/C12H13ClN4OS/c1-8(19-2)12(18)16-10-5-3-4-9(13)11(10)17-7-14-6-15-17/h3-8H,1-2H3,(H,16,18). The molecule has 0 bridgehead atoms. The summed E-state index contributed by atoms with van der Waals surface area (Å²) in [6.45, 7) is 1.85. The first kappa shape index (κ1) is 13.9.